The van der Waals surface area contributed by atoms with Crippen molar-refractivity contribution in [1.29, 1.82) is 0 Å². The molecule has 0 amide bonds. The molecule has 0 saturated heterocycles. The zero-order valence-electron chi connectivity index (χ0n) is 13.9. The minimum absolute atomic E-state index is 0. The topological polar surface area (TPSA) is 78.6 Å². The monoisotopic (exact) mass is 343 g/mol. The van der Waals surface area contributed by atoms with E-state index in [0.29, 0.717) is 40.9 Å². The summed E-state index contributed by atoms with van der Waals surface area (Å²) in [5.74, 6) is 2.67. The number of aromatic nitrogens is 2. The van der Waals surface area contributed by atoms with Crippen molar-refractivity contribution < 1.29 is 18.7 Å². The van der Waals surface area contributed by atoms with Crippen LogP contribution in [0.5, 0.6) is 17.2 Å². The molecular weight excluding hydrogens is 322 g/mol. The van der Waals surface area contributed by atoms with Crippen LogP contribution in [0.4, 0.5) is 0 Å². The number of ether oxygens (including phenoxy) is 3. The molecule has 1 aromatic carbocycles. The maximum absolute atomic E-state index is 5.33. The van der Waals surface area contributed by atoms with Crippen LogP contribution in [0.15, 0.2) is 16.7 Å². The van der Waals surface area contributed by atoms with Crippen LogP contribution in [0.1, 0.15) is 12.7 Å². The lowest BCUT2D eigenvalue weighted by Crippen LogP contribution is -2.24. The molecule has 8 heteroatoms. The molecule has 2 aromatic rings. The number of nitrogens with one attached hydrogen (secondary N) is 1. The molecule has 0 aliphatic heterocycles. The van der Waals surface area contributed by atoms with Crippen LogP contribution < -0.4 is 19.5 Å². The van der Waals surface area contributed by atoms with Crippen LogP contribution in [-0.2, 0) is 6.42 Å². The van der Waals surface area contributed by atoms with Gasteiger partial charge in [-0.25, -0.2) is 0 Å². The molecule has 128 valence electrons. The summed E-state index contributed by atoms with van der Waals surface area (Å²) in [7, 11) is 6.58. The highest BCUT2D eigenvalue weighted by atomic mass is 35.5. The van der Waals surface area contributed by atoms with Gasteiger partial charge in [0.1, 0.15) is 0 Å². The van der Waals surface area contributed by atoms with Crippen molar-refractivity contribution in [2.75, 3.05) is 28.4 Å². The highest BCUT2D eigenvalue weighted by Crippen LogP contribution is 2.40. The molecule has 0 aliphatic carbocycles. The molecule has 1 unspecified atom stereocenters. The average molecular weight is 344 g/mol. The molecule has 0 radical (unpaired) electrons. The Morgan fingerprint density at radius 2 is 1.74 bits per heavy atom. The van der Waals surface area contributed by atoms with Gasteiger partial charge in [-0.15, -0.1) is 12.4 Å². The minimum Gasteiger partial charge on any atom is -0.493 e. The van der Waals surface area contributed by atoms with Crippen molar-refractivity contribution in [2.45, 2.75) is 19.4 Å². The molecule has 1 N–H and O–H groups in total. The lowest BCUT2D eigenvalue weighted by atomic mass is 10.1. The van der Waals surface area contributed by atoms with Crippen molar-refractivity contribution in [2.24, 2.45) is 0 Å². The molecule has 1 heterocycles. The SMILES string of the molecule is CNC(C)Cc1noc(-c2cc(OC)c(OC)c(OC)c2)n1.Cl. The second-order valence-electron chi connectivity index (χ2n) is 4.82. The van der Waals surface area contributed by atoms with E-state index in [9.17, 15) is 0 Å². The van der Waals surface area contributed by atoms with Gasteiger partial charge in [-0.3, -0.25) is 0 Å². The number of hydrogen-bond donors (Lipinski definition) is 1. The molecule has 23 heavy (non-hydrogen) atoms. The Balaban J connectivity index is 0.00000264. The summed E-state index contributed by atoms with van der Waals surface area (Å²) in [6.45, 7) is 2.05. The largest absolute Gasteiger partial charge is 0.493 e. The Morgan fingerprint density at radius 1 is 1.13 bits per heavy atom. The van der Waals surface area contributed by atoms with Crippen molar-refractivity contribution in [1.82, 2.24) is 15.5 Å². The molecule has 0 bridgehead atoms. The number of halogens is 1. The highest BCUT2D eigenvalue weighted by molar-refractivity contribution is 5.85. The van der Waals surface area contributed by atoms with Gasteiger partial charge in [-0.2, -0.15) is 4.98 Å². The van der Waals surface area contributed by atoms with Gasteiger partial charge >= 0.3 is 0 Å². The zero-order chi connectivity index (χ0) is 16.1. The predicted octanol–water partition coefficient (Wildman–Crippen LogP) is 2.33. The highest BCUT2D eigenvalue weighted by Gasteiger charge is 2.18. The first-order valence-electron chi connectivity index (χ1n) is 6.93. The number of benzene rings is 1. The third kappa shape index (κ3) is 4.27. The van der Waals surface area contributed by atoms with Gasteiger partial charge in [0.2, 0.25) is 5.75 Å². The molecule has 0 aliphatic rings. The van der Waals surface area contributed by atoms with Crippen molar-refractivity contribution in [3.8, 4) is 28.7 Å². The van der Waals surface area contributed by atoms with Crippen LogP contribution in [-0.4, -0.2) is 44.6 Å². The zero-order valence-corrected chi connectivity index (χ0v) is 14.7. The van der Waals surface area contributed by atoms with Crippen molar-refractivity contribution in [3.05, 3.63) is 18.0 Å². The number of likely N-dealkylation sites (N-methyl/N-ethyl adjacent to an activating group) is 1. The molecule has 7 nitrogen and oxygen atoms in total. The van der Waals surface area contributed by atoms with E-state index in [0.717, 1.165) is 0 Å². The van der Waals surface area contributed by atoms with E-state index in [1.807, 2.05) is 7.05 Å². The van der Waals surface area contributed by atoms with E-state index in [-0.39, 0.29) is 18.4 Å². The number of nitrogens with zero attached hydrogens (tertiary/aromatic N) is 2. The Morgan fingerprint density at radius 3 is 2.22 bits per heavy atom. The number of methoxy groups -OCH3 is 3. The molecule has 0 spiro atoms. The summed E-state index contributed by atoms with van der Waals surface area (Å²) in [6, 6.07) is 3.82. The van der Waals surface area contributed by atoms with Gasteiger partial charge in [-0.1, -0.05) is 5.16 Å². The van der Waals surface area contributed by atoms with E-state index in [4.69, 9.17) is 18.7 Å². The summed E-state index contributed by atoms with van der Waals surface area (Å²) in [4.78, 5) is 4.41. The van der Waals surface area contributed by atoms with Gasteiger partial charge in [0.25, 0.3) is 5.89 Å². The van der Waals surface area contributed by atoms with E-state index in [1.54, 1.807) is 33.5 Å². The van der Waals surface area contributed by atoms with Crippen molar-refractivity contribution in [3.63, 3.8) is 0 Å². The second-order valence-corrected chi connectivity index (χ2v) is 4.82. The third-order valence-corrected chi connectivity index (χ3v) is 3.36. The Hall–Kier alpha value is -1.99. The summed E-state index contributed by atoms with van der Waals surface area (Å²) in [5, 5.41) is 7.13. The van der Waals surface area contributed by atoms with Gasteiger partial charge in [0, 0.05) is 18.0 Å². The first kappa shape index (κ1) is 19.1. The van der Waals surface area contributed by atoms with Gasteiger partial charge in [0.05, 0.1) is 21.3 Å². The first-order chi connectivity index (χ1) is 10.6. The number of rotatable bonds is 7. The minimum atomic E-state index is 0. The fourth-order valence-electron chi connectivity index (χ4n) is 2.03. The van der Waals surface area contributed by atoms with Crippen molar-refractivity contribution >= 4 is 12.4 Å². The predicted molar refractivity (Wildman–Crippen MR) is 88.9 cm³/mol. The summed E-state index contributed by atoms with van der Waals surface area (Å²) in [6.07, 6.45) is 0.685. The Labute approximate surface area is 141 Å². The summed E-state index contributed by atoms with van der Waals surface area (Å²) in [5.41, 5.74) is 0.713. The van der Waals surface area contributed by atoms with Crippen LogP contribution in [0, 0.1) is 0 Å². The van der Waals surface area contributed by atoms with Crippen LogP contribution >= 0.6 is 12.4 Å². The van der Waals surface area contributed by atoms with E-state index >= 15 is 0 Å². The van der Waals surface area contributed by atoms with Gasteiger partial charge < -0.3 is 24.1 Å². The lowest BCUT2D eigenvalue weighted by Gasteiger charge is -2.12. The molecular formula is C15H22ClN3O4. The van der Waals surface area contributed by atoms with E-state index in [1.165, 1.54) is 0 Å². The Bertz CT molecular complexity index is 608. The third-order valence-electron chi connectivity index (χ3n) is 3.36. The maximum atomic E-state index is 5.33. The average Bonchev–Trinajstić information content (AvgIpc) is 3.01. The molecule has 1 atom stereocenters. The second kappa shape index (κ2) is 8.59. The molecule has 1 aromatic heterocycles. The Kier molecular flexibility index (Phi) is 7.12. The van der Waals surface area contributed by atoms with Crippen LogP contribution in [0.2, 0.25) is 0 Å². The molecule has 2 rings (SSSR count). The maximum Gasteiger partial charge on any atom is 0.258 e. The molecule has 0 fully saturated rings. The normalized spacial score (nSPS) is 11.5. The standard InChI is InChI=1S/C15H21N3O4.ClH/c1-9(16-2)6-13-17-15(22-18-13)10-7-11(19-3)14(21-5)12(8-10)20-4;/h7-9,16H,6H2,1-5H3;1H. The van der Waals surface area contributed by atoms with E-state index < -0.39 is 0 Å². The lowest BCUT2D eigenvalue weighted by molar-refractivity contribution is 0.324. The van der Waals surface area contributed by atoms with Crippen LogP contribution in [0.3, 0.4) is 0 Å². The smallest absolute Gasteiger partial charge is 0.258 e. The summed E-state index contributed by atoms with van der Waals surface area (Å²) < 4.78 is 21.3. The number of hydrogen-bond acceptors (Lipinski definition) is 7. The quantitative estimate of drug-likeness (QED) is 0.826. The fraction of sp³-hybridized carbons (Fsp3) is 0.467. The molecule has 0 saturated carbocycles. The fourth-order valence-corrected chi connectivity index (χ4v) is 2.03. The summed E-state index contributed by atoms with van der Waals surface area (Å²) >= 11 is 0. The van der Waals surface area contributed by atoms with Crippen LogP contribution in [0.25, 0.3) is 11.5 Å². The van der Waals surface area contributed by atoms with Gasteiger partial charge in [0.15, 0.2) is 17.3 Å². The first-order valence-corrected chi connectivity index (χ1v) is 6.93. The van der Waals surface area contributed by atoms with E-state index in [2.05, 4.69) is 22.4 Å². The van der Waals surface area contributed by atoms with Gasteiger partial charge in [-0.05, 0) is 26.1 Å².